The SMILES string of the molecule is Nc1c(NNc2ccccc2)ncnc1Nc1cc(C(F)(F)F)ccc1Cl. The standard InChI is InChI=1S/C17H14ClF3N6/c18-12-7-6-10(17(19,20)21)8-13(12)25-15-14(22)16(24-9-23-15)27-26-11-4-2-1-3-5-11/h1-9,26H,22H2,(H2,23,24,25,27). The van der Waals surface area contributed by atoms with Gasteiger partial charge in [-0.15, -0.1) is 0 Å². The van der Waals surface area contributed by atoms with Gasteiger partial charge in [0.2, 0.25) is 0 Å². The largest absolute Gasteiger partial charge is 0.416 e. The Bertz CT molecular complexity index is 934. The van der Waals surface area contributed by atoms with E-state index in [1.165, 1.54) is 6.33 Å². The third kappa shape index (κ3) is 4.50. The highest BCUT2D eigenvalue weighted by Gasteiger charge is 2.31. The first-order valence-corrected chi connectivity index (χ1v) is 8.03. The Balaban J connectivity index is 1.82. The van der Waals surface area contributed by atoms with Crippen LogP contribution in [-0.4, -0.2) is 9.97 Å². The third-order valence-corrected chi connectivity index (χ3v) is 3.86. The second-order valence-electron chi connectivity index (χ2n) is 5.42. The fraction of sp³-hybridized carbons (Fsp3) is 0.0588. The summed E-state index contributed by atoms with van der Waals surface area (Å²) in [5.74, 6) is 0.364. The van der Waals surface area contributed by atoms with Gasteiger partial charge in [0.1, 0.15) is 12.0 Å². The zero-order valence-corrected chi connectivity index (χ0v) is 14.4. The number of hydrogen-bond acceptors (Lipinski definition) is 6. The van der Waals surface area contributed by atoms with Crippen molar-refractivity contribution in [2.75, 3.05) is 21.9 Å². The molecule has 0 spiro atoms. The second kappa shape index (κ2) is 7.58. The third-order valence-electron chi connectivity index (χ3n) is 3.53. The molecule has 6 nitrogen and oxygen atoms in total. The zero-order chi connectivity index (χ0) is 19.4. The van der Waals surface area contributed by atoms with Gasteiger partial charge in [-0.25, -0.2) is 9.97 Å². The van der Waals surface area contributed by atoms with Crippen molar-refractivity contribution in [2.45, 2.75) is 6.18 Å². The lowest BCUT2D eigenvalue weighted by Crippen LogP contribution is -2.13. The van der Waals surface area contributed by atoms with Crippen LogP contribution in [0.25, 0.3) is 0 Å². The van der Waals surface area contributed by atoms with Gasteiger partial charge in [-0.3, -0.25) is 10.9 Å². The Kier molecular flexibility index (Phi) is 5.22. The molecule has 0 atom stereocenters. The summed E-state index contributed by atoms with van der Waals surface area (Å²) in [5.41, 5.74) is 11.8. The van der Waals surface area contributed by atoms with Crippen LogP contribution in [-0.2, 0) is 6.18 Å². The maximum absolute atomic E-state index is 12.9. The van der Waals surface area contributed by atoms with Crippen LogP contribution < -0.4 is 21.9 Å². The number of nitrogens with zero attached hydrogens (tertiary/aromatic N) is 2. The Labute approximate surface area is 157 Å². The summed E-state index contributed by atoms with van der Waals surface area (Å²) in [5, 5.41) is 2.81. The number of hydrazine groups is 1. The van der Waals surface area contributed by atoms with Crippen LogP contribution in [0.2, 0.25) is 5.02 Å². The topological polar surface area (TPSA) is 87.9 Å². The molecule has 0 radical (unpaired) electrons. The summed E-state index contributed by atoms with van der Waals surface area (Å²) in [7, 11) is 0. The molecule has 0 fully saturated rings. The molecule has 1 heterocycles. The van der Waals surface area contributed by atoms with Gasteiger partial charge >= 0.3 is 6.18 Å². The van der Waals surface area contributed by atoms with Gasteiger partial charge < -0.3 is 11.1 Å². The Morgan fingerprint density at radius 3 is 2.33 bits per heavy atom. The van der Waals surface area contributed by atoms with Crippen LogP contribution in [0.3, 0.4) is 0 Å². The van der Waals surface area contributed by atoms with E-state index in [4.69, 9.17) is 17.3 Å². The molecule has 140 valence electrons. The number of aromatic nitrogens is 2. The van der Waals surface area contributed by atoms with Crippen molar-refractivity contribution in [1.82, 2.24) is 9.97 Å². The predicted molar refractivity (Wildman–Crippen MR) is 99.9 cm³/mol. The number of anilines is 5. The number of benzene rings is 2. The van der Waals surface area contributed by atoms with Gasteiger partial charge in [-0.2, -0.15) is 13.2 Å². The molecule has 3 rings (SSSR count). The molecule has 0 amide bonds. The van der Waals surface area contributed by atoms with Crippen molar-refractivity contribution in [3.05, 3.63) is 65.4 Å². The van der Waals surface area contributed by atoms with Crippen LogP contribution in [0, 0.1) is 0 Å². The van der Waals surface area contributed by atoms with Gasteiger partial charge in [0, 0.05) is 0 Å². The zero-order valence-electron chi connectivity index (χ0n) is 13.7. The molecule has 10 heteroatoms. The molecule has 0 aliphatic heterocycles. The molecule has 0 saturated carbocycles. The smallest absolute Gasteiger partial charge is 0.393 e. The number of alkyl halides is 3. The van der Waals surface area contributed by atoms with E-state index in [2.05, 4.69) is 26.1 Å². The lowest BCUT2D eigenvalue weighted by molar-refractivity contribution is -0.137. The van der Waals surface area contributed by atoms with Crippen LogP contribution in [0.4, 0.5) is 41.9 Å². The molecule has 2 aromatic carbocycles. The Morgan fingerprint density at radius 1 is 0.926 bits per heavy atom. The normalized spacial score (nSPS) is 11.1. The second-order valence-corrected chi connectivity index (χ2v) is 5.83. The number of halogens is 4. The van der Waals surface area contributed by atoms with Crippen molar-refractivity contribution in [3.63, 3.8) is 0 Å². The van der Waals surface area contributed by atoms with Crippen molar-refractivity contribution >= 4 is 40.3 Å². The molecule has 1 aromatic heterocycles. The number of rotatable bonds is 5. The van der Waals surface area contributed by atoms with E-state index in [-0.39, 0.29) is 28.0 Å². The maximum Gasteiger partial charge on any atom is 0.416 e. The summed E-state index contributed by atoms with van der Waals surface area (Å²) in [6.07, 6.45) is -3.28. The van der Waals surface area contributed by atoms with E-state index in [1.54, 1.807) is 0 Å². The maximum atomic E-state index is 12.9. The highest BCUT2D eigenvalue weighted by atomic mass is 35.5. The number of nitrogen functional groups attached to an aromatic ring is 1. The fourth-order valence-corrected chi connectivity index (χ4v) is 2.34. The fourth-order valence-electron chi connectivity index (χ4n) is 2.17. The van der Waals surface area contributed by atoms with E-state index in [1.807, 2.05) is 30.3 Å². The summed E-state index contributed by atoms with van der Waals surface area (Å²) in [4.78, 5) is 7.98. The summed E-state index contributed by atoms with van der Waals surface area (Å²) in [6, 6.07) is 12.1. The van der Waals surface area contributed by atoms with E-state index < -0.39 is 11.7 Å². The van der Waals surface area contributed by atoms with Gasteiger partial charge in [-0.05, 0) is 30.3 Å². The monoisotopic (exact) mass is 394 g/mol. The van der Waals surface area contributed by atoms with Crippen molar-refractivity contribution in [1.29, 1.82) is 0 Å². The minimum Gasteiger partial charge on any atom is -0.393 e. The number of nitrogens with two attached hydrogens (primary N) is 1. The summed E-state index contributed by atoms with van der Waals surface area (Å²) < 4.78 is 38.7. The molecule has 0 saturated heterocycles. The van der Waals surface area contributed by atoms with E-state index in [0.29, 0.717) is 0 Å². The van der Waals surface area contributed by atoms with Crippen molar-refractivity contribution in [3.8, 4) is 0 Å². The highest BCUT2D eigenvalue weighted by molar-refractivity contribution is 6.33. The van der Waals surface area contributed by atoms with Gasteiger partial charge in [0.25, 0.3) is 0 Å². The highest BCUT2D eigenvalue weighted by Crippen LogP contribution is 2.36. The van der Waals surface area contributed by atoms with Crippen LogP contribution in [0.15, 0.2) is 54.9 Å². The molecule has 0 unspecified atom stereocenters. The van der Waals surface area contributed by atoms with Gasteiger partial charge in [-0.1, -0.05) is 29.8 Å². The lowest BCUT2D eigenvalue weighted by atomic mass is 10.2. The molecule has 0 aliphatic rings. The molecular formula is C17H14ClF3N6. The molecule has 0 aliphatic carbocycles. The minimum atomic E-state index is -4.50. The van der Waals surface area contributed by atoms with Crippen molar-refractivity contribution < 1.29 is 13.2 Å². The van der Waals surface area contributed by atoms with Crippen molar-refractivity contribution in [2.24, 2.45) is 0 Å². The van der Waals surface area contributed by atoms with Gasteiger partial charge in [0.15, 0.2) is 11.6 Å². The first-order chi connectivity index (χ1) is 12.8. The Morgan fingerprint density at radius 2 is 1.63 bits per heavy atom. The number of hydrogen-bond donors (Lipinski definition) is 4. The van der Waals surface area contributed by atoms with Crippen LogP contribution in [0.5, 0.6) is 0 Å². The van der Waals surface area contributed by atoms with E-state index in [9.17, 15) is 13.2 Å². The molecular weight excluding hydrogens is 381 g/mol. The quantitative estimate of drug-likeness (QED) is 0.460. The molecule has 5 N–H and O–H groups in total. The van der Waals surface area contributed by atoms with E-state index in [0.717, 1.165) is 23.9 Å². The van der Waals surface area contributed by atoms with Crippen LogP contribution >= 0.6 is 11.6 Å². The predicted octanol–water partition coefficient (Wildman–Crippen LogP) is 4.91. The minimum absolute atomic E-state index is 0.0267. The summed E-state index contributed by atoms with van der Waals surface area (Å²) in [6.45, 7) is 0. The average Bonchev–Trinajstić information content (AvgIpc) is 2.64. The first kappa shape index (κ1) is 18.6. The molecule has 3 aromatic rings. The van der Waals surface area contributed by atoms with Gasteiger partial charge in [0.05, 0.1) is 22.0 Å². The first-order valence-electron chi connectivity index (χ1n) is 7.66. The number of para-hydroxylation sites is 1. The van der Waals surface area contributed by atoms with E-state index >= 15 is 0 Å². The molecule has 27 heavy (non-hydrogen) atoms. The molecule has 0 bridgehead atoms. The average molecular weight is 395 g/mol. The van der Waals surface area contributed by atoms with Crippen LogP contribution in [0.1, 0.15) is 5.56 Å². The Hall–Kier alpha value is -3.20. The lowest BCUT2D eigenvalue weighted by Gasteiger charge is -2.15. The summed E-state index contributed by atoms with van der Waals surface area (Å²) >= 11 is 5.99. The number of nitrogens with one attached hydrogen (secondary N) is 3.